The first-order valence-corrected chi connectivity index (χ1v) is 5.19. The predicted molar refractivity (Wildman–Crippen MR) is 54.8 cm³/mol. The molecule has 1 saturated carbocycles. The molecule has 0 aliphatic heterocycles. The first kappa shape index (κ1) is 11.5. The van der Waals surface area contributed by atoms with Crippen LogP contribution >= 0.6 is 0 Å². The van der Waals surface area contributed by atoms with E-state index in [9.17, 15) is 4.79 Å². The summed E-state index contributed by atoms with van der Waals surface area (Å²) in [7, 11) is 1.76. The number of hydrogen-bond donors (Lipinski definition) is 1. The van der Waals surface area contributed by atoms with Gasteiger partial charge in [-0.1, -0.05) is 0 Å². The van der Waals surface area contributed by atoms with Crippen LogP contribution < -0.4 is 5.73 Å². The van der Waals surface area contributed by atoms with Crippen molar-refractivity contribution in [3.63, 3.8) is 0 Å². The van der Waals surface area contributed by atoms with Crippen molar-refractivity contribution in [2.45, 2.75) is 25.8 Å². The van der Waals surface area contributed by atoms with E-state index in [1.54, 1.807) is 18.9 Å². The number of likely N-dealkylation sites (N-methyl/N-ethyl adjacent to an activating group) is 1. The summed E-state index contributed by atoms with van der Waals surface area (Å²) < 4.78 is 5.42. The minimum absolute atomic E-state index is 0.0278. The first-order valence-electron chi connectivity index (χ1n) is 5.19. The highest BCUT2D eigenvalue weighted by Gasteiger charge is 2.21. The zero-order valence-electron chi connectivity index (χ0n) is 9.03. The second-order valence-electron chi connectivity index (χ2n) is 4.07. The van der Waals surface area contributed by atoms with E-state index in [2.05, 4.69) is 0 Å². The lowest BCUT2D eigenvalue weighted by Crippen LogP contribution is -2.41. The van der Waals surface area contributed by atoms with Crippen molar-refractivity contribution < 1.29 is 9.53 Å². The number of carbonyl (C=O) groups excluding carboxylic acids is 1. The molecule has 0 bridgehead atoms. The molecule has 0 aromatic heterocycles. The van der Waals surface area contributed by atoms with E-state index >= 15 is 0 Å². The third-order valence-electron chi connectivity index (χ3n) is 2.39. The molecule has 1 aliphatic rings. The van der Waals surface area contributed by atoms with E-state index in [1.807, 2.05) is 0 Å². The molecule has 4 heteroatoms. The second-order valence-corrected chi connectivity index (χ2v) is 4.07. The monoisotopic (exact) mass is 200 g/mol. The fourth-order valence-electron chi connectivity index (χ4n) is 1.19. The lowest BCUT2D eigenvalue weighted by molar-refractivity contribution is -0.131. The van der Waals surface area contributed by atoms with Gasteiger partial charge in [-0.25, -0.2) is 0 Å². The highest BCUT2D eigenvalue weighted by atomic mass is 16.5. The molecule has 1 atom stereocenters. The van der Waals surface area contributed by atoms with Gasteiger partial charge in [0.2, 0.25) is 5.91 Å². The summed E-state index contributed by atoms with van der Waals surface area (Å²) in [5.41, 5.74) is 5.47. The average Bonchev–Trinajstić information content (AvgIpc) is 2.94. The van der Waals surface area contributed by atoms with E-state index in [0.717, 1.165) is 12.5 Å². The molecule has 1 fully saturated rings. The number of rotatable bonds is 6. The molecule has 0 aromatic carbocycles. The molecule has 14 heavy (non-hydrogen) atoms. The lowest BCUT2D eigenvalue weighted by Gasteiger charge is -2.18. The average molecular weight is 200 g/mol. The van der Waals surface area contributed by atoms with E-state index in [1.165, 1.54) is 12.8 Å². The number of amides is 1. The second kappa shape index (κ2) is 5.32. The van der Waals surface area contributed by atoms with E-state index in [4.69, 9.17) is 10.5 Å². The molecule has 1 amide bonds. The Hall–Kier alpha value is -0.610. The van der Waals surface area contributed by atoms with Crippen LogP contribution in [0.25, 0.3) is 0 Å². The van der Waals surface area contributed by atoms with Crippen LogP contribution in [0.3, 0.4) is 0 Å². The molecule has 4 nitrogen and oxygen atoms in total. The van der Waals surface area contributed by atoms with Gasteiger partial charge in [-0.05, 0) is 25.7 Å². The van der Waals surface area contributed by atoms with Crippen LogP contribution in [0.4, 0.5) is 0 Å². The highest BCUT2D eigenvalue weighted by Crippen LogP contribution is 2.28. The van der Waals surface area contributed by atoms with Crippen molar-refractivity contribution in [3.05, 3.63) is 0 Å². The summed E-state index contributed by atoms with van der Waals surface area (Å²) in [6.07, 6.45) is 2.60. The minimum atomic E-state index is -0.413. The summed E-state index contributed by atoms with van der Waals surface area (Å²) in [4.78, 5) is 13.0. The van der Waals surface area contributed by atoms with Crippen LogP contribution in [-0.4, -0.2) is 43.7 Å². The number of nitrogens with zero attached hydrogens (tertiary/aromatic N) is 1. The Kier molecular flexibility index (Phi) is 4.35. The highest BCUT2D eigenvalue weighted by molar-refractivity contribution is 5.80. The standard InChI is InChI=1S/C10H20N2O2/c1-8(11)10(13)12(2)5-6-14-7-9-3-4-9/h8-9H,3-7,11H2,1-2H3. The van der Waals surface area contributed by atoms with Gasteiger partial charge in [0, 0.05) is 20.2 Å². The van der Waals surface area contributed by atoms with Crippen LogP contribution in [0.2, 0.25) is 0 Å². The first-order chi connectivity index (χ1) is 6.61. The Bertz CT molecular complexity index is 191. The third kappa shape index (κ3) is 4.07. The number of nitrogens with two attached hydrogens (primary N) is 1. The normalized spacial score (nSPS) is 17.9. The molecule has 1 rings (SSSR count). The fourth-order valence-corrected chi connectivity index (χ4v) is 1.19. The van der Waals surface area contributed by atoms with Gasteiger partial charge in [0.05, 0.1) is 12.6 Å². The van der Waals surface area contributed by atoms with Crippen LogP contribution in [-0.2, 0) is 9.53 Å². The maximum absolute atomic E-state index is 11.3. The zero-order chi connectivity index (χ0) is 10.6. The summed E-state index contributed by atoms with van der Waals surface area (Å²) in [6.45, 7) is 3.79. The Balaban J connectivity index is 2.01. The molecule has 2 N–H and O–H groups in total. The van der Waals surface area contributed by atoms with Gasteiger partial charge in [0.1, 0.15) is 0 Å². The molecule has 0 aromatic rings. The van der Waals surface area contributed by atoms with E-state index in [0.29, 0.717) is 13.2 Å². The van der Waals surface area contributed by atoms with E-state index < -0.39 is 6.04 Å². The topological polar surface area (TPSA) is 55.6 Å². The van der Waals surface area contributed by atoms with Crippen molar-refractivity contribution in [2.75, 3.05) is 26.8 Å². The van der Waals surface area contributed by atoms with E-state index in [-0.39, 0.29) is 5.91 Å². The van der Waals surface area contributed by atoms with Gasteiger partial charge in [-0.3, -0.25) is 4.79 Å². The van der Waals surface area contributed by atoms with Crippen molar-refractivity contribution in [1.82, 2.24) is 4.90 Å². The van der Waals surface area contributed by atoms with Crippen LogP contribution in [0.15, 0.2) is 0 Å². The number of ether oxygens (including phenoxy) is 1. The zero-order valence-corrected chi connectivity index (χ0v) is 9.03. The molecule has 0 radical (unpaired) electrons. The Morgan fingerprint density at radius 2 is 2.29 bits per heavy atom. The summed E-state index contributed by atoms with van der Waals surface area (Å²) >= 11 is 0. The predicted octanol–water partition coefficient (Wildman–Crippen LogP) is 0.219. The molecule has 0 spiro atoms. The Morgan fingerprint density at radius 1 is 1.64 bits per heavy atom. The van der Waals surface area contributed by atoms with Crippen molar-refractivity contribution in [3.8, 4) is 0 Å². The maximum Gasteiger partial charge on any atom is 0.239 e. The molecular weight excluding hydrogens is 180 g/mol. The van der Waals surface area contributed by atoms with Gasteiger partial charge < -0.3 is 15.4 Å². The summed E-state index contributed by atoms with van der Waals surface area (Å²) in [6, 6.07) is -0.413. The third-order valence-corrected chi connectivity index (χ3v) is 2.39. The van der Waals surface area contributed by atoms with Crippen LogP contribution in [0, 0.1) is 5.92 Å². The SMILES string of the molecule is CC(N)C(=O)N(C)CCOCC1CC1. The van der Waals surface area contributed by atoms with Crippen LogP contribution in [0.1, 0.15) is 19.8 Å². The Morgan fingerprint density at radius 3 is 2.79 bits per heavy atom. The maximum atomic E-state index is 11.3. The Labute approximate surface area is 85.4 Å². The molecule has 82 valence electrons. The summed E-state index contributed by atoms with van der Waals surface area (Å²) in [5, 5.41) is 0. The van der Waals surface area contributed by atoms with Gasteiger partial charge >= 0.3 is 0 Å². The molecule has 1 unspecified atom stereocenters. The molecule has 0 saturated heterocycles. The fraction of sp³-hybridized carbons (Fsp3) is 0.900. The molecule has 1 aliphatic carbocycles. The van der Waals surface area contributed by atoms with Crippen molar-refractivity contribution in [1.29, 1.82) is 0 Å². The van der Waals surface area contributed by atoms with Crippen molar-refractivity contribution >= 4 is 5.91 Å². The quantitative estimate of drug-likeness (QED) is 0.624. The van der Waals surface area contributed by atoms with Gasteiger partial charge in [-0.15, -0.1) is 0 Å². The number of hydrogen-bond acceptors (Lipinski definition) is 3. The van der Waals surface area contributed by atoms with Crippen molar-refractivity contribution in [2.24, 2.45) is 11.7 Å². The lowest BCUT2D eigenvalue weighted by atomic mass is 10.3. The van der Waals surface area contributed by atoms with Gasteiger partial charge in [-0.2, -0.15) is 0 Å². The minimum Gasteiger partial charge on any atom is -0.379 e. The van der Waals surface area contributed by atoms with Gasteiger partial charge in [0.25, 0.3) is 0 Å². The molecular formula is C10H20N2O2. The van der Waals surface area contributed by atoms with Crippen LogP contribution in [0.5, 0.6) is 0 Å². The number of carbonyl (C=O) groups is 1. The largest absolute Gasteiger partial charge is 0.379 e. The van der Waals surface area contributed by atoms with Gasteiger partial charge in [0.15, 0.2) is 0 Å². The molecule has 0 heterocycles. The summed E-state index contributed by atoms with van der Waals surface area (Å²) in [5.74, 6) is 0.754. The smallest absolute Gasteiger partial charge is 0.239 e.